The van der Waals surface area contributed by atoms with E-state index < -0.39 is 0 Å². The quantitative estimate of drug-likeness (QED) is 0.913. The molecular weight excluding hydrogens is 280 g/mol. The number of aryl methyl sites for hydroxylation is 2. The molecule has 0 spiro atoms. The third-order valence-corrected chi connectivity index (χ3v) is 4.68. The standard InChI is InChI=1S/C18H21ClN2/c1-20-12-15-11-16-13(6-3-9-17(16)19)5-2-7-14-8-4-10-21-18(14)15/h3-4,6,8-10,15,20H,2,5,7,11-12H2,1H3. The zero-order chi connectivity index (χ0) is 14.7. The lowest BCUT2D eigenvalue weighted by Crippen LogP contribution is -2.21. The van der Waals surface area contributed by atoms with Crippen LogP contribution in [0.5, 0.6) is 0 Å². The number of pyridine rings is 1. The molecule has 0 aliphatic heterocycles. The van der Waals surface area contributed by atoms with Crippen molar-refractivity contribution in [3.8, 4) is 0 Å². The first-order valence-corrected chi connectivity index (χ1v) is 8.02. The molecule has 0 radical (unpaired) electrons. The molecule has 1 aliphatic carbocycles. The van der Waals surface area contributed by atoms with E-state index in [1.807, 2.05) is 25.4 Å². The van der Waals surface area contributed by atoms with Gasteiger partial charge in [0.05, 0.1) is 0 Å². The van der Waals surface area contributed by atoms with Crippen LogP contribution in [0.3, 0.4) is 0 Å². The van der Waals surface area contributed by atoms with Crippen LogP contribution in [0.25, 0.3) is 0 Å². The molecule has 3 rings (SSSR count). The molecule has 0 saturated carbocycles. The highest BCUT2D eigenvalue weighted by atomic mass is 35.5. The molecule has 110 valence electrons. The number of likely N-dealkylation sites (N-methyl/N-ethyl adjacent to an activating group) is 1. The van der Waals surface area contributed by atoms with Crippen LogP contribution in [0.2, 0.25) is 5.02 Å². The number of rotatable bonds is 2. The Morgan fingerprint density at radius 3 is 2.86 bits per heavy atom. The molecule has 3 heteroatoms. The second-order valence-corrected chi connectivity index (χ2v) is 6.14. The van der Waals surface area contributed by atoms with Gasteiger partial charge in [-0.25, -0.2) is 0 Å². The van der Waals surface area contributed by atoms with Crippen LogP contribution in [-0.2, 0) is 19.3 Å². The molecule has 1 N–H and O–H groups in total. The average Bonchev–Trinajstić information content (AvgIpc) is 2.57. The molecule has 2 nitrogen and oxygen atoms in total. The van der Waals surface area contributed by atoms with Crippen molar-refractivity contribution in [3.63, 3.8) is 0 Å². The molecular formula is C18H21ClN2. The van der Waals surface area contributed by atoms with Gasteiger partial charge in [0.2, 0.25) is 0 Å². The van der Waals surface area contributed by atoms with Crippen molar-refractivity contribution >= 4 is 11.6 Å². The minimum absolute atomic E-state index is 0.378. The number of aromatic nitrogens is 1. The number of hydrogen-bond acceptors (Lipinski definition) is 2. The smallest absolute Gasteiger partial charge is 0.0482 e. The molecule has 1 aromatic heterocycles. The molecule has 0 saturated heterocycles. The molecule has 0 amide bonds. The lowest BCUT2D eigenvalue weighted by Gasteiger charge is -2.20. The summed E-state index contributed by atoms with van der Waals surface area (Å²) in [5, 5.41) is 4.21. The number of benzene rings is 1. The Bertz CT molecular complexity index is 624. The van der Waals surface area contributed by atoms with E-state index in [2.05, 4.69) is 28.5 Å². The van der Waals surface area contributed by atoms with Gasteiger partial charge in [0.1, 0.15) is 0 Å². The van der Waals surface area contributed by atoms with Crippen LogP contribution < -0.4 is 5.32 Å². The number of nitrogens with one attached hydrogen (secondary N) is 1. The second-order valence-electron chi connectivity index (χ2n) is 5.74. The van der Waals surface area contributed by atoms with Gasteiger partial charge >= 0.3 is 0 Å². The maximum Gasteiger partial charge on any atom is 0.0482 e. The van der Waals surface area contributed by atoms with Gasteiger partial charge in [0, 0.05) is 29.4 Å². The third-order valence-electron chi connectivity index (χ3n) is 4.32. The molecule has 1 heterocycles. The normalized spacial score (nSPS) is 18.1. The summed E-state index contributed by atoms with van der Waals surface area (Å²) in [5.41, 5.74) is 5.33. The van der Waals surface area contributed by atoms with E-state index in [1.165, 1.54) is 22.4 Å². The monoisotopic (exact) mass is 300 g/mol. The summed E-state index contributed by atoms with van der Waals surface area (Å²) in [6.07, 6.45) is 6.21. The van der Waals surface area contributed by atoms with Gasteiger partial charge in [0.25, 0.3) is 0 Å². The van der Waals surface area contributed by atoms with Crippen LogP contribution in [-0.4, -0.2) is 18.6 Å². The Morgan fingerprint density at radius 2 is 2.00 bits per heavy atom. The van der Waals surface area contributed by atoms with Crippen LogP contribution in [0, 0.1) is 0 Å². The number of halogens is 1. The highest BCUT2D eigenvalue weighted by Gasteiger charge is 2.21. The molecule has 1 aromatic carbocycles. The zero-order valence-corrected chi connectivity index (χ0v) is 13.2. The van der Waals surface area contributed by atoms with Crippen molar-refractivity contribution in [3.05, 3.63) is 63.9 Å². The first-order valence-electron chi connectivity index (χ1n) is 7.64. The number of nitrogens with zero attached hydrogens (tertiary/aromatic N) is 1. The predicted octanol–water partition coefficient (Wildman–Crippen LogP) is 3.77. The molecule has 0 bridgehead atoms. The van der Waals surface area contributed by atoms with Gasteiger partial charge in [0.15, 0.2) is 0 Å². The Balaban J connectivity index is 2.05. The van der Waals surface area contributed by atoms with E-state index in [-0.39, 0.29) is 0 Å². The maximum atomic E-state index is 6.47. The van der Waals surface area contributed by atoms with Gasteiger partial charge in [-0.15, -0.1) is 0 Å². The van der Waals surface area contributed by atoms with E-state index in [4.69, 9.17) is 11.6 Å². The molecule has 1 aliphatic rings. The zero-order valence-electron chi connectivity index (χ0n) is 12.4. The van der Waals surface area contributed by atoms with E-state index in [0.29, 0.717) is 5.92 Å². The topological polar surface area (TPSA) is 24.9 Å². The van der Waals surface area contributed by atoms with Crippen molar-refractivity contribution in [2.45, 2.75) is 31.6 Å². The lowest BCUT2D eigenvalue weighted by molar-refractivity contribution is 0.605. The fourth-order valence-corrected chi connectivity index (χ4v) is 3.59. The van der Waals surface area contributed by atoms with Gasteiger partial charge in [-0.1, -0.05) is 29.8 Å². The summed E-state index contributed by atoms with van der Waals surface area (Å²) >= 11 is 6.47. The van der Waals surface area contributed by atoms with Crippen molar-refractivity contribution in [1.29, 1.82) is 0 Å². The summed E-state index contributed by atoms with van der Waals surface area (Å²) in [5.74, 6) is 0.378. The van der Waals surface area contributed by atoms with E-state index in [1.54, 1.807) is 0 Å². The summed E-state index contributed by atoms with van der Waals surface area (Å²) < 4.78 is 0. The number of fused-ring (bicyclic) bond motifs is 2. The predicted molar refractivity (Wildman–Crippen MR) is 88.1 cm³/mol. The van der Waals surface area contributed by atoms with E-state index in [9.17, 15) is 0 Å². The van der Waals surface area contributed by atoms with Crippen LogP contribution in [0.4, 0.5) is 0 Å². The molecule has 1 atom stereocenters. The Morgan fingerprint density at radius 1 is 1.19 bits per heavy atom. The minimum atomic E-state index is 0.378. The van der Waals surface area contributed by atoms with Crippen molar-refractivity contribution in [2.75, 3.05) is 13.6 Å². The SMILES string of the molecule is CNCC1Cc2c(Cl)cccc2CCCc2cccnc21. The summed E-state index contributed by atoms with van der Waals surface area (Å²) in [4.78, 5) is 4.68. The first-order chi connectivity index (χ1) is 10.3. The van der Waals surface area contributed by atoms with Crippen molar-refractivity contribution in [2.24, 2.45) is 0 Å². The average molecular weight is 301 g/mol. The van der Waals surface area contributed by atoms with E-state index >= 15 is 0 Å². The second kappa shape index (κ2) is 6.59. The van der Waals surface area contributed by atoms with Gasteiger partial charge in [-0.05, 0) is 61.6 Å². The summed E-state index contributed by atoms with van der Waals surface area (Å²) in [6, 6.07) is 10.6. The molecule has 1 unspecified atom stereocenters. The number of hydrogen-bond donors (Lipinski definition) is 1. The van der Waals surface area contributed by atoms with Crippen LogP contribution in [0.1, 0.15) is 34.7 Å². The molecule has 2 aromatic rings. The fraction of sp³-hybridized carbons (Fsp3) is 0.389. The maximum absolute atomic E-state index is 6.47. The Labute approximate surface area is 131 Å². The van der Waals surface area contributed by atoms with E-state index in [0.717, 1.165) is 37.3 Å². The lowest BCUT2D eigenvalue weighted by atomic mass is 9.91. The fourth-order valence-electron chi connectivity index (χ4n) is 3.32. The largest absolute Gasteiger partial charge is 0.319 e. The highest BCUT2D eigenvalue weighted by Crippen LogP contribution is 2.31. The Hall–Kier alpha value is -1.38. The third kappa shape index (κ3) is 3.12. The van der Waals surface area contributed by atoms with Crippen LogP contribution >= 0.6 is 11.6 Å². The molecule has 0 fully saturated rings. The Kier molecular flexibility index (Phi) is 4.57. The first kappa shape index (κ1) is 14.6. The van der Waals surface area contributed by atoms with Gasteiger partial charge < -0.3 is 5.32 Å². The summed E-state index contributed by atoms with van der Waals surface area (Å²) in [6.45, 7) is 0.925. The van der Waals surface area contributed by atoms with Crippen molar-refractivity contribution in [1.82, 2.24) is 10.3 Å². The minimum Gasteiger partial charge on any atom is -0.319 e. The highest BCUT2D eigenvalue weighted by molar-refractivity contribution is 6.31. The summed E-state index contributed by atoms with van der Waals surface area (Å²) in [7, 11) is 2.00. The van der Waals surface area contributed by atoms with Gasteiger partial charge in [-0.3, -0.25) is 4.98 Å². The van der Waals surface area contributed by atoms with Crippen molar-refractivity contribution < 1.29 is 0 Å². The van der Waals surface area contributed by atoms with Gasteiger partial charge in [-0.2, -0.15) is 0 Å². The molecule has 21 heavy (non-hydrogen) atoms. The van der Waals surface area contributed by atoms with Crippen LogP contribution in [0.15, 0.2) is 36.5 Å².